The second-order valence-electron chi connectivity index (χ2n) is 6.45. The van der Waals surface area contributed by atoms with E-state index >= 15 is 0 Å². The summed E-state index contributed by atoms with van der Waals surface area (Å²) >= 11 is 0. The van der Waals surface area contributed by atoms with E-state index in [2.05, 4.69) is 0 Å². The lowest BCUT2D eigenvalue weighted by Crippen LogP contribution is -2.42. The molecule has 2 aliphatic rings. The third-order valence-electron chi connectivity index (χ3n) is 4.77. The Hall–Kier alpha value is -1.25. The van der Waals surface area contributed by atoms with Gasteiger partial charge in [0.05, 0.1) is 10.3 Å². The van der Waals surface area contributed by atoms with E-state index in [1.54, 1.807) is 16.7 Å². The van der Waals surface area contributed by atoms with Crippen LogP contribution in [-0.4, -0.2) is 48.0 Å². The average molecular weight is 359 g/mol. The molecule has 2 unspecified atom stereocenters. The minimum atomic E-state index is -4.51. The molecule has 6 nitrogen and oxygen atoms in total. The molecule has 0 aromatic heterocycles. The van der Waals surface area contributed by atoms with Gasteiger partial charge >= 0.3 is 0 Å². The summed E-state index contributed by atoms with van der Waals surface area (Å²) in [5, 5.41) is -1.15. The first kappa shape index (κ1) is 18.1. The van der Waals surface area contributed by atoms with Gasteiger partial charge in [-0.15, -0.1) is 0 Å². The van der Waals surface area contributed by atoms with Crippen LogP contribution in [0.1, 0.15) is 40.5 Å². The Morgan fingerprint density at radius 2 is 1.96 bits per heavy atom. The van der Waals surface area contributed by atoms with Crippen molar-refractivity contribution in [1.82, 2.24) is 0 Å². The van der Waals surface area contributed by atoms with E-state index < -0.39 is 31.2 Å². The van der Waals surface area contributed by atoms with E-state index in [-0.39, 0.29) is 17.3 Å². The lowest BCUT2D eigenvalue weighted by atomic mass is 9.77. The van der Waals surface area contributed by atoms with Crippen molar-refractivity contribution < 1.29 is 26.0 Å². The molecule has 2 atom stereocenters. The molecular formula is C15H21NO5S2. The van der Waals surface area contributed by atoms with Crippen LogP contribution in [-0.2, 0) is 20.4 Å². The van der Waals surface area contributed by atoms with Crippen LogP contribution < -0.4 is 0 Å². The van der Waals surface area contributed by atoms with Crippen molar-refractivity contribution in [1.29, 1.82) is 0 Å². The minimum Gasteiger partial charge on any atom is -0.743 e. The van der Waals surface area contributed by atoms with Crippen molar-refractivity contribution in [3.63, 3.8) is 0 Å². The van der Waals surface area contributed by atoms with Crippen LogP contribution in [0.25, 0.3) is 0 Å². The largest absolute Gasteiger partial charge is 0.743 e. The van der Waals surface area contributed by atoms with Crippen LogP contribution >= 0.6 is 0 Å². The van der Waals surface area contributed by atoms with Gasteiger partial charge in [0.2, 0.25) is 21.4 Å². The number of nitrogens with zero attached hydrogens (tertiary/aromatic N) is 1. The van der Waals surface area contributed by atoms with Gasteiger partial charge in [0.1, 0.15) is 0 Å². The van der Waals surface area contributed by atoms with E-state index in [4.69, 9.17) is 0 Å². The summed E-state index contributed by atoms with van der Waals surface area (Å²) in [5.41, 5.74) is 0.896. The first-order valence-corrected chi connectivity index (χ1v) is 10.0. The molecular weight excluding hydrogens is 338 g/mol. The van der Waals surface area contributed by atoms with Gasteiger partial charge in [0.25, 0.3) is 0 Å². The van der Waals surface area contributed by atoms with E-state index in [1.165, 1.54) is 6.08 Å². The molecule has 1 aliphatic carbocycles. The lowest BCUT2D eigenvalue weighted by Gasteiger charge is -2.26. The molecule has 0 saturated carbocycles. The Labute approximate surface area is 138 Å². The Morgan fingerprint density at radius 3 is 2.43 bits per heavy atom. The third-order valence-corrected chi connectivity index (χ3v) is 6.54. The average Bonchev–Trinajstić information content (AvgIpc) is 2.63. The van der Waals surface area contributed by atoms with E-state index in [0.717, 1.165) is 5.57 Å². The topological polar surface area (TPSA) is 94.3 Å². The molecule has 0 N–H and O–H groups in total. The molecule has 0 saturated heterocycles. The molecule has 0 radical (unpaired) electrons. The highest BCUT2D eigenvalue weighted by Crippen LogP contribution is 2.41. The number of rotatable bonds is 4. The zero-order chi connectivity index (χ0) is 17.6. The van der Waals surface area contributed by atoms with Crippen molar-refractivity contribution in [2.45, 2.75) is 52.0 Å². The molecule has 0 fully saturated rings. The number of hydrogen-bond acceptors (Lipinski definition) is 5. The molecule has 0 bridgehead atoms. The van der Waals surface area contributed by atoms with Crippen molar-refractivity contribution in [3.8, 4) is 0 Å². The molecule has 8 heteroatoms. The van der Waals surface area contributed by atoms with Crippen LogP contribution in [0.15, 0.2) is 23.8 Å². The predicted octanol–water partition coefficient (Wildman–Crippen LogP) is 1.09. The maximum absolute atomic E-state index is 11.8. The fourth-order valence-electron chi connectivity index (χ4n) is 3.22. The highest BCUT2D eigenvalue weighted by Gasteiger charge is 2.52. The Balaban J connectivity index is 2.74. The normalized spacial score (nSPS) is 24.5. The van der Waals surface area contributed by atoms with Gasteiger partial charge in [-0.1, -0.05) is 6.92 Å². The smallest absolute Gasteiger partial charge is 0.241 e. The quantitative estimate of drug-likeness (QED) is 0.425. The zero-order valence-corrected chi connectivity index (χ0v) is 15.2. The molecule has 1 heterocycles. The van der Waals surface area contributed by atoms with Crippen LogP contribution in [0.5, 0.6) is 0 Å². The SMILES string of the molecule is CCCC([N+]1=C2C=CC(=S(=O)=O)C=C2C(C)(C)C1C)S(=O)(=O)[O-]. The monoisotopic (exact) mass is 359 g/mol. The van der Waals surface area contributed by atoms with Crippen molar-refractivity contribution in [2.24, 2.45) is 5.41 Å². The van der Waals surface area contributed by atoms with Crippen molar-refractivity contribution in [2.75, 3.05) is 0 Å². The third kappa shape index (κ3) is 3.07. The summed E-state index contributed by atoms with van der Waals surface area (Å²) in [5.74, 6) is 0. The highest BCUT2D eigenvalue weighted by molar-refractivity contribution is 7.86. The van der Waals surface area contributed by atoms with Crippen molar-refractivity contribution in [3.05, 3.63) is 23.8 Å². The molecule has 0 aromatic rings. The lowest BCUT2D eigenvalue weighted by molar-refractivity contribution is -0.581. The fraction of sp³-hybridized carbons (Fsp3) is 0.600. The van der Waals surface area contributed by atoms with Gasteiger partial charge < -0.3 is 4.55 Å². The summed E-state index contributed by atoms with van der Waals surface area (Å²) < 4.78 is 59.3. The minimum absolute atomic E-state index is 0.155. The second kappa shape index (κ2) is 5.99. The zero-order valence-electron chi connectivity index (χ0n) is 13.6. The van der Waals surface area contributed by atoms with Crippen LogP contribution in [0.4, 0.5) is 0 Å². The van der Waals surface area contributed by atoms with E-state index in [1.807, 2.05) is 27.7 Å². The molecule has 1 aliphatic heterocycles. The van der Waals surface area contributed by atoms with Gasteiger partial charge in [-0.2, -0.15) is 8.42 Å². The summed E-state index contributed by atoms with van der Waals surface area (Å²) in [6.07, 6.45) is 5.40. The highest BCUT2D eigenvalue weighted by atomic mass is 32.2. The molecule has 23 heavy (non-hydrogen) atoms. The second-order valence-corrected chi connectivity index (χ2v) is 8.93. The van der Waals surface area contributed by atoms with Gasteiger partial charge in [-0.3, -0.25) is 0 Å². The standard InChI is InChI=1S/C15H21NO5S2/c1-5-6-14(23(19,20)21)16-10(2)15(3,4)12-9-11(22(17)18)7-8-13(12)16/h7-10,14H,5-6H2,1-4H3. The van der Waals surface area contributed by atoms with Crippen molar-refractivity contribution >= 4 is 31.0 Å². The number of allylic oxidation sites excluding steroid dienone is 3. The summed E-state index contributed by atoms with van der Waals surface area (Å²) in [4.78, 5) is 0.155. The number of hydrogen-bond donors (Lipinski definition) is 0. The molecule has 0 aromatic carbocycles. The summed E-state index contributed by atoms with van der Waals surface area (Å²) in [7, 11) is -6.87. The Bertz CT molecular complexity index is 850. The van der Waals surface area contributed by atoms with Crippen LogP contribution in [0, 0.1) is 5.41 Å². The molecule has 0 spiro atoms. The van der Waals surface area contributed by atoms with Gasteiger partial charge in [0.15, 0.2) is 16.2 Å². The molecule has 0 amide bonds. The summed E-state index contributed by atoms with van der Waals surface area (Å²) in [6, 6.07) is -0.242. The van der Waals surface area contributed by atoms with Gasteiger partial charge in [-0.05, 0) is 39.3 Å². The first-order valence-electron chi connectivity index (χ1n) is 7.48. The Morgan fingerprint density at radius 1 is 1.35 bits per heavy atom. The molecule has 128 valence electrons. The number of fused-ring (bicyclic) bond motifs is 1. The maximum atomic E-state index is 11.8. The van der Waals surface area contributed by atoms with Gasteiger partial charge in [-0.25, -0.2) is 13.0 Å². The predicted molar refractivity (Wildman–Crippen MR) is 88.1 cm³/mol. The summed E-state index contributed by atoms with van der Waals surface area (Å²) in [6.45, 7) is 7.54. The Kier molecular flexibility index (Phi) is 4.71. The van der Waals surface area contributed by atoms with E-state index in [0.29, 0.717) is 12.1 Å². The molecule has 2 rings (SSSR count). The van der Waals surface area contributed by atoms with Gasteiger partial charge in [0, 0.05) is 18.1 Å². The maximum Gasteiger partial charge on any atom is 0.241 e. The first-order chi connectivity index (χ1) is 10.5. The fourth-order valence-corrected chi connectivity index (χ4v) is 4.71. The van der Waals surface area contributed by atoms with Crippen LogP contribution in [0.3, 0.4) is 0 Å². The van der Waals surface area contributed by atoms with E-state index in [9.17, 15) is 21.4 Å². The van der Waals surface area contributed by atoms with Crippen LogP contribution in [0.2, 0.25) is 0 Å².